The third-order valence-electron chi connectivity index (χ3n) is 5.04. The average molecular weight is 356 g/mol. The van der Waals surface area contributed by atoms with E-state index in [1.165, 1.54) is 12.1 Å². The topological polar surface area (TPSA) is 51.7 Å². The summed E-state index contributed by atoms with van der Waals surface area (Å²) >= 11 is 0. The van der Waals surface area contributed by atoms with Crippen molar-refractivity contribution < 1.29 is 18.7 Å². The minimum atomic E-state index is -0.346. The summed E-state index contributed by atoms with van der Waals surface area (Å²) in [5.41, 5.74) is 0.844. The van der Waals surface area contributed by atoms with Crippen molar-refractivity contribution in [2.24, 2.45) is 0 Å². The molecular weight excluding hydrogens is 335 g/mol. The van der Waals surface area contributed by atoms with Gasteiger partial charge in [0, 0.05) is 30.7 Å². The second kappa shape index (κ2) is 6.68. The summed E-state index contributed by atoms with van der Waals surface area (Å²) in [7, 11) is 0. The summed E-state index contributed by atoms with van der Waals surface area (Å²) in [6.07, 6.45) is 3.28. The van der Waals surface area contributed by atoms with Crippen LogP contribution < -0.4 is 4.74 Å². The molecular formula is C20H21FN2O3. The summed E-state index contributed by atoms with van der Waals surface area (Å²) in [4.78, 5) is 18.6. The molecule has 5 nitrogen and oxygen atoms in total. The standard InChI is InChI=1S/C20H21FN2O3/c1-14-10-15(21)5-6-17(14)19(24)23-12-20(13-23)11-16(7-9-25-20)26-18-4-2-3-8-22-18/h2-6,8,10,16H,7,9,11-13H2,1H3/t16-/m1/s1. The van der Waals surface area contributed by atoms with Crippen LogP contribution in [-0.4, -0.2) is 47.2 Å². The fourth-order valence-electron chi connectivity index (χ4n) is 3.72. The number of ether oxygens (including phenoxy) is 2. The largest absolute Gasteiger partial charge is 0.474 e. The molecule has 1 spiro atoms. The summed E-state index contributed by atoms with van der Waals surface area (Å²) in [6, 6.07) is 9.85. The Morgan fingerprint density at radius 2 is 2.19 bits per heavy atom. The van der Waals surface area contributed by atoms with Gasteiger partial charge in [0.05, 0.1) is 19.7 Å². The van der Waals surface area contributed by atoms with Gasteiger partial charge in [0.15, 0.2) is 0 Å². The maximum Gasteiger partial charge on any atom is 0.254 e. The molecule has 1 aromatic heterocycles. The van der Waals surface area contributed by atoms with E-state index in [4.69, 9.17) is 9.47 Å². The monoisotopic (exact) mass is 356 g/mol. The Balaban J connectivity index is 1.38. The molecule has 0 N–H and O–H groups in total. The number of rotatable bonds is 3. The van der Waals surface area contributed by atoms with Gasteiger partial charge in [0.1, 0.15) is 17.5 Å². The molecule has 2 saturated heterocycles. The van der Waals surface area contributed by atoms with Crippen molar-refractivity contribution in [2.75, 3.05) is 19.7 Å². The average Bonchev–Trinajstić information content (AvgIpc) is 2.60. The van der Waals surface area contributed by atoms with Crippen molar-refractivity contribution >= 4 is 5.91 Å². The number of hydrogen-bond donors (Lipinski definition) is 0. The van der Waals surface area contributed by atoms with Gasteiger partial charge in [-0.25, -0.2) is 9.37 Å². The highest BCUT2D eigenvalue weighted by molar-refractivity contribution is 5.96. The van der Waals surface area contributed by atoms with Crippen LogP contribution in [0.15, 0.2) is 42.6 Å². The molecule has 0 radical (unpaired) electrons. The Hall–Kier alpha value is -2.47. The first kappa shape index (κ1) is 17.0. The van der Waals surface area contributed by atoms with Crippen molar-refractivity contribution in [3.8, 4) is 5.88 Å². The number of amides is 1. The number of nitrogens with zero attached hydrogens (tertiary/aromatic N) is 2. The van der Waals surface area contributed by atoms with E-state index in [9.17, 15) is 9.18 Å². The molecule has 0 aliphatic carbocycles. The minimum Gasteiger partial charge on any atom is -0.474 e. The van der Waals surface area contributed by atoms with Gasteiger partial charge < -0.3 is 14.4 Å². The highest BCUT2D eigenvalue weighted by Crippen LogP contribution is 2.36. The number of aromatic nitrogens is 1. The quantitative estimate of drug-likeness (QED) is 0.848. The first-order chi connectivity index (χ1) is 12.5. The lowest BCUT2D eigenvalue weighted by Crippen LogP contribution is -2.67. The van der Waals surface area contributed by atoms with Gasteiger partial charge in [-0.1, -0.05) is 6.07 Å². The van der Waals surface area contributed by atoms with Crippen LogP contribution in [0.2, 0.25) is 0 Å². The molecule has 0 saturated carbocycles. The number of halogens is 1. The molecule has 2 aromatic rings. The summed E-state index contributed by atoms with van der Waals surface area (Å²) in [5, 5.41) is 0. The van der Waals surface area contributed by atoms with E-state index < -0.39 is 0 Å². The second-order valence-corrected chi connectivity index (χ2v) is 7.05. The second-order valence-electron chi connectivity index (χ2n) is 7.05. The normalized spacial score (nSPS) is 21.3. The third-order valence-corrected chi connectivity index (χ3v) is 5.04. The number of carbonyl (C=O) groups excluding carboxylic acids is 1. The van der Waals surface area contributed by atoms with Gasteiger partial charge in [0.2, 0.25) is 5.88 Å². The summed E-state index contributed by atoms with van der Waals surface area (Å²) < 4.78 is 25.2. The molecule has 6 heteroatoms. The van der Waals surface area contributed by atoms with Gasteiger partial charge in [-0.15, -0.1) is 0 Å². The number of benzene rings is 1. The van der Waals surface area contributed by atoms with E-state index in [1.54, 1.807) is 24.1 Å². The highest BCUT2D eigenvalue weighted by atomic mass is 19.1. The molecule has 136 valence electrons. The van der Waals surface area contributed by atoms with E-state index in [-0.39, 0.29) is 23.4 Å². The molecule has 26 heavy (non-hydrogen) atoms. The zero-order valence-electron chi connectivity index (χ0n) is 14.7. The molecule has 2 aliphatic rings. The van der Waals surface area contributed by atoms with Gasteiger partial charge in [-0.05, 0) is 36.8 Å². The fourth-order valence-corrected chi connectivity index (χ4v) is 3.72. The molecule has 0 unspecified atom stereocenters. The van der Waals surface area contributed by atoms with Gasteiger partial charge in [0.25, 0.3) is 5.91 Å². The first-order valence-corrected chi connectivity index (χ1v) is 8.82. The van der Waals surface area contributed by atoms with Crippen molar-refractivity contribution in [1.29, 1.82) is 0 Å². The van der Waals surface area contributed by atoms with E-state index in [0.717, 1.165) is 12.8 Å². The van der Waals surface area contributed by atoms with Crippen LogP contribution in [0.1, 0.15) is 28.8 Å². The summed E-state index contributed by atoms with van der Waals surface area (Å²) in [5.74, 6) is 0.206. The van der Waals surface area contributed by atoms with Crippen LogP contribution in [0.3, 0.4) is 0 Å². The van der Waals surface area contributed by atoms with Crippen LogP contribution in [-0.2, 0) is 4.74 Å². The van der Waals surface area contributed by atoms with Crippen molar-refractivity contribution in [1.82, 2.24) is 9.88 Å². The Morgan fingerprint density at radius 1 is 1.35 bits per heavy atom. The van der Waals surface area contributed by atoms with Crippen LogP contribution in [0.4, 0.5) is 4.39 Å². The number of pyridine rings is 1. The van der Waals surface area contributed by atoms with Gasteiger partial charge >= 0.3 is 0 Å². The summed E-state index contributed by atoms with van der Waals surface area (Å²) in [6.45, 7) is 3.42. The zero-order valence-corrected chi connectivity index (χ0v) is 14.7. The van der Waals surface area contributed by atoms with Crippen LogP contribution in [0.25, 0.3) is 0 Å². The molecule has 1 amide bonds. The van der Waals surface area contributed by atoms with Crippen molar-refractivity contribution in [3.05, 3.63) is 59.5 Å². The predicted octanol–water partition coefficient (Wildman–Crippen LogP) is 2.98. The number of carbonyl (C=O) groups is 1. The number of hydrogen-bond acceptors (Lipinski definition) is 4. The minimum absolute atomic E-state index is 0.0310. The van der Waals surface area contributed by atoms with E-state index in [0.29, 0.717) is 36.7 Å². The number of aryl methyl sites for hydroxylation is 1. The first-order valence-electron chi connectivity index (χ1n) is 8.82. The Kier molecular flexibility index (Phi) is 4.36. The lowest BCUT2D eigenvalue weighted by Gasteiger charge is -2.52. The molecule has 3 heterocycles. The van der Waals surface area contributed by atoms with Crippen molar-refractivity contribution in [3.63, 3.8) is 0 Å². The van der Waals surface area contributed by atoms with Crippen LogP contribution in [0.5, 0.6) is 5.88 Å². The molecule has 1 atom stereocenters. The van der Waals surface area contributed by atoms with Gasteiger partial charge in [-0.3, -0.25) is 4.79 Å². The highest BCUT2D eigenvalue weighted by Gasteiger charge is 2.50. The number of likely N-dealkylation sites (tertiary alicyclic amines) is 1. The molecule has 4 rings (SSSR count). The lowest BCUT2D eigenvalue weighted by molar-refractivity contribution is -0.174. The van der Waals surface area contributed by atoms with Gasteiger partial charge in [-0.2, -0.15) is 0 Å². The predicted molar refractivity (Wildman–Crippen MR) is 93.6 cm³/mol. The van der Waals surface area contributed by atoms with E-state index in [2.05, 4.69) is 4.98 Å². The fraction of sp³-hybridized carbons (Fsp3) is 0.400. The molecule has 1 aromatic carbocycles. The third kappa shape index (κ3) is 3.29. The molecule has 2 aliphatic heterocycles. The molecule has 0 bridgehead atoms. The van der Waals surface area contributed by atoms with Crippen LogP contribution in [0, 0.1) is 12.7 Å². The maximum atomic E-state index is 13.3. The van der Waals surface area contributed by atoms with E-state index in [1.807, 2.05) is 18.2 Å². The Morgan fingerprint density at radius 3 is 2.92 bits per heavy atom. The SMILES string of the molecule is Cc1cc(F)ccc1C(=O)N1CC2(C[C@H](Oc3ccccn3)CCO2)C1. The zero-order chi connectivity index (χ0) is 18.1. The smallest absolute Gasteiger partial charge is 0.254 e. The lowest BCUT2D eigenvalue weighted by atomic mass is 9.84. The Labute approximate surface area is 151 Å². The van der Waals surface area contributed by atoms with Crippen molar-refractivity contribution in [2.45, 2.75) is 31.5 Å². The Bertz CT molecular complexity index is 806. The van der Waals surface area contributed by atoms with Crippen LogP contribution >= 0.6 is 0 Å². The van der Waals surface area contributed by atoms with E-state index >= 15 is 0 Å². The maximum absolute atomic E-state index is 13.3. The molecule has 2 fully saturated rings.